The van der Waals surface area contributed by atoms with Gasteiger partial charge in [0.15, 0.2) is 0 Å². The summed E-state index contributed by atoms with van der Waals surface area (Å²) in [4.78, 5) is 14.7. The van der Waals surface area contributed by atoms with Gasteiger partial charge >= 0.3 is 6.03 Å². The highest BCUT2D eigenvalue weighted by Gasteiger charge is 2.22. The minimum atomic E-state index is -0.547. The molecule has 4 rings (SSSR count). The molecule has 3 N–H and O–H groups in total. The molecule has 3 heterocycles. The van der Waals surface area contributed by atoms with Crippen molar-refractivity contribution in [3.8, 4) is 0 Å². The predicted octanol–water partition coefficient (Wildman–Crippen LogP) is 2.50. The fourth-order valence-corrected chi connectivity index (χ4v) is 4.53. The van der Waals surface area contributed by atoms with E-state index in [0.717, 1.165) is 38.2 Å². The number of carbonyl (C=O) groups excluding carboxylic acids is 1. The number of nitrogens with two attached hydrogens (primary N) is 1. The maximum absolute atomic E-state index is 10.8. The number of amides is 2. The number of aromatic nitrogens is 3. The number of nitrogens with zero attached hydrogens (tertiary/aromatic N) is 4. The summed E-state index contributed by atoms with van der Waals surface area (Å²) in [6.45, 7) is 3.43. The molecule has 0 radical (unpaired) electrons. The second-order valence-corrected chi connectivity index (χ2v) is 7.83. The van der Waals surface area contributed by atoms with Gasteiger partial charge in [0.1, 0.15) is 5.69 Å². The summed E-state index contributed by atoms with van der Waals surface area (Å²) < 4.78 is 3.28. The average molecular weight is 370 g/mol. The minimum Gasteiger partial charge on any atom is -0.352 e. The molecule has 1 aromatic carbocycles. The lowest BCUT2D eigenvalue weighted by molar-refractivity contribution is 0.173. The first-order valence-electron chi connectivity index (χ1n) is 8.81. The predicted molar refractivity (Wildman–Crippen MR) is 102 cm³/mol. The quantitative estimate of drug-likeness (QED) is 0.722. The SMILES string of the molecule is NC(=O)NCc1cn(C2CCN(Cc3cc4ccccc4s3)CC2)nn1. The van der Waals surface area contributed by atoms with Crippen LogP contribution in [0.4, 0.5) is 4.79 Å². The van der Waals surface area contributed by atoms with E-state index in [-0.39, 0.29) is 0 Å². The summed E-state index contributed by atoms with van der Waals surface area (Å²) in [5.74, 6) is 0. The van der Waals surface area contributed by atoms with Gasteiger partial charge in [0.25, 0.3) is 0 Å². The zero-order valence-corrected chi connectivity index (χ0v) is 15.3. The summed E-state index contributed by atoms with van der Waals surface area (Å²) in [6.07, 6.45) is 4.01. The van der Waals surface area contributed by atoms with E-state index in [2.05, 4.69) is 50.9 Å². The Hall–Kier alpha value is -2.45. The number of piperidine rings is 1. The van der Waals surface area contributed by atoms with Crippen molar-refractivity contribution in [3.05, 3.63) is 47.1 Å². The third kappa shape index (κ3) is 3.86. The van der Waals surface area contributed by atoms with Crippen LogP contribution in [0.25, 0.3) is 10.1 Å². The van der Waals surface area contributed by atoms with Crippen LogP contribution < -0.4 is 11.1 Å². The molecule has 8 heteroatoms. The van der Waals surface area contributed by atoms with Crippen LogP contribution in [0, 0.1) is 0 Å². The largest absolute Gasteiger partial charge is 0.352 e. The average Bonchev–Trinajstić information content (AvgIpc) is 3.27. The van der Waals surface area contributed by atoms with E-state index in [1.165, 1.54) is 15.0 Å². The lowest BCUT2D eigenvalue weighted by Gasteiger charge is -2.31. The first-order valence-corrected chi connectivity index (χ1v) is 9.63. The third-order valence-electron chi connectivity index (χ3n) is 4.79. The Morgan fingerprint density at radius 2 is 2.12 bits per heavy atom. The van der Waals surface area contributed by atoms with Crippen molar-refractivity contribution in [2.24, 2.45) is 5.73 Å². The van der Waals surface area contributed by atoms with Crippen molar-refractivity contribution < 1.29 is 4.79 Å². The van der Waals surface area contributed by atoms with Gasteiger partial charge in [0, 0.05) is 29.2 Å². The maximum Gasteiger partial charge on any atom is 0.312 e. The number of nitrogens with one attached hydrogen (secondary N) is 1. The molecule has 0 atom stereocenters. The van der Waals surface area contributed by atoms with Crippen LogP contribution in [0.5, 0.6) is 0 Å². The van der Waals surface area contributed by atoms with Crippen LogP contribution in [0.3, 0.4) is 0 Å². The van der Waals surface area contributed by atoms with Crippen molar-refractivity contribution in [1.29, 1.82) is 0 Å². The van der Waals surface area contributed by atoms with Gasteiger partial charge in [-0.05, 0) is 30.4 Å². The van der Waals surface area contributed by atoms with E-state index in [1.807, 2.05) is 22.2 Å². The molecule has 2 amide bonds. The zero-order valence-electron chi connectivity index (χ0n) is 14.5. The van der Waals surface area contributed by atoms with Crippen LogP contribution >= 0.6 is 11.3 Å². The van der Waals surface area contributed by atoms with Crippen molar-refractivity contribution >= 4 is 27.5 Å². The van der Waals surface area contributed by atoms with Crippen LogP contribution in [-0.4, -0.2) is 39.0 Å². The number of urea groups is 1. The molecule has 0 bridgehead atoms. The van der Waals surface area contributed by atoms with Gasteiger partial charge in [-0.3, -0.25) is 4.90 Å². The molecule has 0 unspecified atom stereocenters. The van der Waals surface area contributed by atoms with Gasteiger partial charge in [-0.25, -0.2) is 9.48 Å². The summed E-state index contributed by atoms with van der Waals surface area (Å²) in [5, 5.41) is 12.2. The van der Waals surface area contributed by atoms with Crippen LogP contribution in [0.2, 0.25) is 0 Å². The molecular weight excluding hydrogens is 348 g/mol. The van der Waals surface area contributed by atoms with E-state index in [9.17, 15) is 4.79 Å². The standard InChI is InChI=1S/C18H22N6OS/c19-18(25)20-10-14-11-24(22-21-14)15-5-7-23(8-6-15)12-16-9-13-3-1-2-4-17(13)26-16/h1-4,9,11,15H,5-8,10,12H2,(H3,19,20,25). The first kappa shape index (κ1) is 17.0. The van der Waals surface area contributed by atoms with Gasteiger partial charge in [-0.15, -0.1) is 16.4 Å². The van der Waals surface area contributed by atoms with Crippen molar-refractivity contribution in [2.75, 3.05) is 13.1 Å². The molecule has 0 spiro atoms. The molecule has 26 heavy (non-hydrogen) atoms. The fraction of sp³-hybridized carbons (Fsp3) is 0.389. The Morgan fingerprint density at radius 1 is 1.31 bits per heavy atom. The van der Waals surface area contributed by atoms with Gasteiger partial charge in [-0.1, -0.05) is 23.4 Å². The Bertz CT molecular complexity index is 863. The van der Waals surface area contributed by atoms with E-state index in [4.69, 9.17) is 5.73 Å². The van der Waals surface area contributed by atoms with Gasteiger partial charge in [-0.2, -0.15) is 0 Å². The normalized spacial score (nSPS) is 16.2. The van der Waals surface area contributed by atoms with Crippen LogP contribution in [0.1, 0.15) is 29.5 Å². The monoisotopic (exact) mass is 370 g/mol. The molecule has 0 aliphatic carbocycles. The summed E-state index contributed by atoms with van der Waals surface area (Å²) in [6, 6.07) is 10.7. The number of hydrogen-bond donors (Lipinski definition) is 2. The van der Waals surface area contributed by atoms with Gasteiger partial charge in [0.05, 0.1) is 18.8 Å². The molecule has 2 aromatic heterocycles. The zero-order chi connectivity index (χ0) is 17.9. The lowest BCUT2D eigenvalue weighted by atomic mass is 10.1. The molecule has 1 aliphatic rings. The highest BCUT2D eigenvalue weighted by molar-refractivity contribution is 7.19. The number of fused-ring (bicyclic) bond motifs is 1. The molecule has 136 valence electrons. The number of hydrogen-bond acceptors (Lipinski definition) is 5. The van der Waals surface area contributed by atoms with Crippen LogP contribution in [-0.2, 0) is 13.1 Å². The Labute approximate surface area is 155 Å². The second-order valence-electron chi connectivity index (χ2n) is 6.67. The molecular formula is C18H22N6OS. The first-order chi connectivity index (χ1) is 12.7. The Balaban J connectivity index is 1.31. The second kappa shape index (κ2) is 7.43. The highest BCUT2D eigenvalue weighted by Crippen LogP contribution is 2.28. The number of primary amides is 1. The molecule has 3 aromatic rings. The highest BCUT2D eigenvalue weighted by atomic mass is 32.1. The number of thiophene rings is 1. The molecule has 1 fully saturated rings. The van der Waals surface area contributed by atoms with Gasteiger partial charge in [0.2, 0.25) is 0 Å². The Morgan fingerprint density at radius 3 is 2.88 bits per heavy atom. The summed E-state index contributed by atoms with van der Waals surface area (Å²) in [7, 11) is 0. The fourth-order valence-electron chi connectivity index (χ4n) is 3.43. The number of likely N-dealkylation sites (tertiary alicyclic amines) is 1. The summed E-state index contributed by atoms with van der Waals surface area (Å²) >= 11 is 1.89. The van der Waals surface area contributed by atoms with E-state index < -0.39 is 6.03 Å². The number of carbonyl (C=O) groups is 1. The van der Waals surface area contributed by atoms with Crippen molar-refractivity contribution in [1.82, 2.24) is 25.2 Å². The van der Waals surface area contributed by atoms with Crippen LogP contribution in [0.15, 0.2) is 36.5 Å². The van der Waals surface area contributed by atoms with E-state index >= 15 is 0 Å². The number of rotatable bonds is 5. The summed E-state index contributed by atoms with van der Waals surface area (Å²) in [5.41, 5.74) is 5.82. The molecule has 7 nitrogen and oxygen atoms in total. The molecule has 1 aliphatic heterocycles. The Kier molecular flexibility index (Phi) is 4.85. The van der Waals surface area contributed by atoms with Crippen molar-refractivity contribution in [3.63, 3.8) is 0 Å². The van der Waals surface area contributed by atoms with E-state index in [1.54, 1.807) is 0 Å². The van der Waals surface area contributed by atoms with Crippen molar-refractivity contribution in [2.45, 2.75) is 32.0 Å². The topological polar surface area (TPSA) is 89.1 Å². The maximum atomic E-state index is 10.8. The smallest absolute Gasteiger partial charge is 0.312 e. The lowest BCUT2D eigenvalue weighted by Crippen LogP contribution is -2.34. The molecule has 0 saturated carbocycles. The minimum absolute atomic E-state index is 0.320. The molecule has 1 saturated heterocycles. The van der Waals surface area contributed by atoms with Gasteiger partial charge < -0.3 is 11.1 Å². The number of benzene rings is 1. The van der Waals surface area contributed by atoms with E-state index in [0.29, 0.717) is 12.6 Å². The third-order valence-corrected chi connectivity index (χ3v) is 5.89.